The minimum Gasteiger partial charge on any atom is -0.375 e. The molecular weight excluding hydrogens is 250 g/mol. The van der Waals surface area contributed by atoms with E-state index in [1.807, 2.05) is 6.20 Å². The first kappa shape index (κ1) is 15.3. The Bertz CT molecular complexity index is 391. The quantitative estimate of drug-likeness (QED) is 0.866. The van der Waals surface area contributed by atoms with E-state index in [0.717, 1.165) is 45.0 Å². The molecule has 1 aliphatic rings. The van der Waals surface area contributed by atoms with Crippen LogP contribution in [0.25, 0.3) is 0 Å². The zero-order chi connectivity index (χ0) is 14.4. The van der Waals surface area contributed by atoms with Crippen LogP contribution in [0.5, 0.6) is 0 Å². The summed E-state index contributed by atoms with van der Waals surface area (Å²) in [6.45, 7) is 11.2. The van der Waals surface area contributed by atoms with Crippen molar-refractivity contribution in [1.82, 2.24) is 10.3 Å². The Hall–Kier alpha value is -1.13. The number of pyridine rings is 1. The van der Waals surface area contributed by atoms with Gasteiger partial charge in [-0.2, -0.15) is 0 Å². The summed E-state index contributed by atoms with van der Waals surface area (Å²) >= 11 is 0. The van der Waals surface area contributed by atoms with Crippen LogP contribution in [0.15, 0.2) is 18.3 Å². The van der Waals surface area contributed by atoms with Crippen molar-refractivity contribution in [3.63, 3.8) is 0 Å². The summed E-state index contributed by atoms with van der Waals surface area (Å²) in [7, 11) is 0. The molecule has 0 amide bonds. The van der Waals surface area contributed by atoms with Crippen LogP contribution in [0.1, 0.15) is 32.8 Å². The number of rotatable bonds is 6. The summed E-state index contributed by atoms with van der Waals surface area (Å²) in [5.74, 6) is 1.75. The van der Waals surface area contributed by atoms with E-state index < -0.39 is 0 Å². The van der Waals surface area contributed by atoms with Crippen LogP contribution in [0, 0.1) is 5.92 Å². The maximum atomic E-state index is 5.70. The van der Waals surface area contributed by atoms with Gasteiger partial charge in [-0.15, -0.1) is 0 Å². The van der Waals surface area contributed by atoms with Gasteiger partial charge in [0.1, 0.15) is 5.82 Å². The van der Waals surface area contributed by atoms with Crippen molar-refractivity contribution in [1.29, 1.82) is 0 Å². The molecule has 2 heterocycles. The lowest BCUT2D eigenvalue weighted by Gasteiger charge is -2.33. The average molecular weight is 277 g/mol. The van der Waals surface area contributed by atoms with Gasteiger partial charge in [0.25, 0.3) is 0 Å². The summed E-state index contributed by atoms with van der Waals surface area (Å²) in [6, 6.07) is 4.30. The van der Waals surface area contributed by atoms with Crippen LogP contribution in [0.2, 0.25) is 0 Å². The van der Waals surface area contributed by atoms with Crippen LogP contribution >= 0.6 is 0 Å². The molecule has 0 saturated carbocycles. The highest BCUT2D eigenvalue weighted by Crippen LogP contribution is 2.16. The van der Waals surface area contributed by atoms with Gasteiger partial charge >= 0.3 is 0 Å². The smallest absolute Gasteiger partial charge is 0.128 e. The van der Waals surface area contributed by atoms with E-state index in [4.69, 9.17) is 4.74 Å². The van der Waals surface area contributed by atoms with E-state index in [0.29, 0.717) is 12.0 Å². The van der Waals surface area contributed by atoms with Gasteiger partial charge in [0.2, 0.25) is 0 Å². The number of aromatic nitrogens is 1. The Morgan fingerprint density at radius 3 is 2.95 bits per heavy atom. The molecule has 1 aliphatic heterocycles. The molecule has 1 fully saturated rings. The first-order valence-electron chi connectivity index (χ1n) is 7.71. The van der Waals surface area contributed by atoms with Gasteiger partial charge in [0.05, 0.1) is 12.7 Å². The maximum Gasteiger partial charge on any atom is 0.128 e. The molecule has 0 aromatic carbocycles. The highest BCUT2D eigenvalue weighted by Gasteiger charge is 2.19. The Labute approximate surface area is 122 Å². The minimum atomic E-state index is 0.345. The first-order valence-corrected chi connectivity index (χ1v) is 7.71. The number of nitrogens with zero attached hydrogens (tertiary/aromatic N) is 2. The number of nitrogens with one attached hydrogen (secondary N) is 1. The molecule has 4 nitrogen and oxygen atoms in total. The van der Waals surface area contributed by atoms with Gasteiger partial charge in [0, 0.05) is 25.8 Å². The number of anilines is 1. The first-order chi connectivity index (χ1) is 9.69. The maximum absolute atomic E-state index is 5.70. The Kier molecular flexibility index (Phi) is 5.80. The van der Waals surface area contributed by atoms with Gasteiger partial charge in [-0.3, -0.25) is 0 Å². The minimum absolute atomic E-state index is 0.345. The molecule has 112 valence electrons. The summed E-state index contributed by atoms with van der Waals surface area (Å²) < 4.78 is 5.70. The molecule has 4 heteroatoms. The highest BCUT2D eigenvalue weighted by molar-refractivity contribution is 5.39. The third-order valence-corrected chi connectivity index (χ3v) is 3.61. The molecule has 1 atom stereocenters. The standard InChI is InChI=1S/C16H27N3O/c1-4-15-12-19(7-8-20-15)16-6-5-14(11-18-16)10-17-9-13(2)3/h5-6,11,13,15,17H,4,7-10,12H2,1-3H3. The van der Waals surface area contributed by atoms with Crippen molar-refractivity contribution in [3.05, 3.63) is 23.9 Å². The van der Waals surface area contributed by atoms with Crippen LogP contribution in [-0.2, 0) is 11.3 Å². The molecule has 0 bridgehead atoms. The second-order valence-electron chi connectivity index (χ2n) is 5.90. The van der Waals surface area contributed by atoms with E-state index in [9.17, 15) is 0 Å². The molecular formula is C16H27N3O. The molecule has 2 rings (SSSR count). The molecule has 1 saturated heterocycles. The summed E-state index contributed by atoms with van der Waals surface area (Å²) in [6.07, 6.45) is 3.39. The second-order valence-corrected chi connectivity index (χ2v) is 5.90. The molecule has 20 heavy (non-hydrogen) atoms. The lowest BCUT2D eigenvalue weighted by Crippen LogP contribution is -2.42. The summed E-state index contributed by atoms with van der Waals surface area (Å²) in [4.78, 5) is 6.92. The zero-order valence-corrected chi connectivity index (χ0v) is 12.9. The van der Waals surface area contributed by atoms with Crippen molar-refractivity contribution in [2.75, 3.05) is 31.1 Å². The van der Waals surface area contributed by atoms with Crippen LogP contribution < -0.4 is 10.2 Å². The molecule has 0 aliphatic carbocycles. The number of ether oxygens (including phenoxy) is 1. The molecule has 1 unspecified atom stereocenters. The lowest BCUT2D eigenvalue weighted by atomic mass is 10.2. The number of morpholine rings is 1. The van der Waals surface area contributed by atoms with Crippen molar-refractivity contribution in [2.24, 2.45) is 5.92 Å². The Morgan fingerprint density at radius 1 is 1.45 bits per heavy atom. The largest absolute Gasteiger partial charge is 0.375 e. The summed E-state index contributed by atoms with van der Waals surface area (Å²) in [5, 5.41) is 3.44. The molecule has 0 radical (unpaired) electrons. The fourth-order valence-corrected chi connectivity index (χ4v) is 2.39. The predicted octanol–water partition coefficient (Wildman–Crippen LogP) is 2.44. The van der Waals surface area contributed by atoms with Crippen LogP contribution in [0.3, 0.4) is 0 Å². The Balaban J connectivity index is 1.87. The fourth-order valence-electron chi connectivity index (χ4n) is 2.39. The van der Waals surface area contributed by atoms with Gasteiger partial charge in [-0.1, -0.05) is 26.8 Å². The third kappa shape index (κ3) is 4.46. The lowest BCUT2D eigenvalue weighted by molar-refractivity contribution is 0.0381. The average Bonchev–Trinajstić information content (AvgIpc) is 2.48. The van der Waals surface area contributed by atoms with Crippen LogP contribution in [0.4, 0.5) is 5.82 Å². The summed E-state index contributed by atoms with van der Waals surface area (Å²) in [5.41, 5.74) is 1.25. The van der Waals surface area contributed by atoms with E-state index in [-0.39, 0.29) is 0 Å². The van der Waals surface area contributed by atoms with Gasteiger partial charge in [-0.05, 0) is 30.5 Å². The van der Waals surface area contributed by atoms with E-state index in [2.05, 4.69) is 48.1 Å². The molecule has 1 N–H and O–H groups in total. The predicted molar refractivity (Wildman–Crippen MR) is 83.0 cm³/mol. The number of hydrogen-bond acceptors (Lipinski definition) is 4. The molecule has 1 aromatic heterocycles. The van der Waals surface area contributed by atoms with Crippen molar-refractivity contribution in [3.8, 4) is 0 Å². The van der Waals surface area contributed by atoms with Crippen molar-refractivity contribution >= 4 is 5.82 Å². The highest BCUT2D eigenvalue weighted by atomic mass is 16.5. The van der Waals surface area contributed by atoms with E-state index in [1.54, 1.807) is 0 Å². The van der Waals surface area contributed by atoms with Gasteiger partial charge in [-0.25, -0.2) is 4.98 Å². The van der Waals surface area contributed by atoms with Gasteiger partial charge < -0.3 is 15.0 Å². The van der Waals surface area contributed by atoms with Crippen LogP contribution in [-0.4, -0.2) is 37.3 Å². The normalized spacial score (nSPS) is 19.6. The number of hydrogen-bond donors (Lipinski definition) is 1. The van der Waals surface area contributed by atoms with Crippen molar-refractivity contribution in [2.45, 2.75) is 39.8 Å². The second kappa shape index (κ2) is 7.60. The van der Waals surface area contributed by atoms with Crippen molar-refractivity contribution < 1.29 is 4.74 Å². The molecule has 0 spiro atoms. The monoisotopic (exact) mass is 277 g/mol. The van der Waals surface area contributed by atoms with Gasteiger partial charge in [0.15, 0.2) is 0 Å². The molecule has 1 aromatic rings. The topological polar surface area (TPSA) is 37.4 Å². The van der Waals surface area contributed by atoms with E-state index in [1.165, 1.54) is 5.56 Å². The Morgan fingerprint density at radius 2 is 2.30 bits per heavy atom. The SMILES string of the molecule is CCC1CN(c2ccc(CNCC(C)C)cn2)CCO1. The van der Waals surface area contributed by atoms with E-state index >= 15 is 0 Å². The third-order valence-electron chi connectivity index (χ3n) is 3.61. The zero-order valence-electron chi connectivity index (χ0n) is 12.9. The fraction of sp³-hybridized carbons (Fsp3) is 0.688.